The Labute approximate surface area is 195 Å². The predicted molar refractivity (Wildman–Crippen MR) is 130 cm³/mol. The first-order valence-corrected chi connectivity index (χ1v) is 12.1. The van der Waals surface area contributed by atoms with Gasteiger partial charge in [-0.05, 0) is 34.7 Å². The normalized spacial score (nSPS) is 20.4. The van der Waals surface area contributed by atoms with Crippen LogP contribution in [0.3, 0.4) is 0 Å². The third kappa shape index (κ3) is 3.58. The fourth-order valence-corrected chi connectivity index (χ4v) is 5.96. The molecule has 0 aromatic heterocycles. The van der Waals surface area contributed by atoms with Crippen LogP contribution >= 0.6 is 11.8 Å². The van der Waals surface area contributed by atoms with Crippen LogP contribution < -0.4 is 9.64 Å². The number of ether oxygens (including phenoxy) is 1. The zero-order valence-electron chi connectivity index (χ0n) is 19.8. The van der Waals surface area contributed by atoms with Crippen molar-refractivity contribution in [3.8, 4) is 5.75 Å². The molecule has 32 heavy (non-hydrogen) atoms. The molecule has 1 fully saturated rings. The molecule has 2 aromatic carbocycles. The number of fused-ring (bicyclic) bond motifs is 2. The maximum Gasteiger partial charge on any atom is 0.268 e. The Morgan fingerprint density at radius 2 is 1.84 bits per heavy atom. The number of hydrogen-bond acceptors (Lipinski definition) is 4. The van der Waals surface area contributed by atoms with E-state index >= 15 is 0 Å². The second-order valence-electron chi connectivity index (χ2n) is 9.86. The van der Waals surface area contributed by atoms with Crippen molar-refractivity contribution >= 4 is 29.3 Å². The van der Waals surface area contributed by atoms with E-state index in [0.29, 0.717) is 18.8 Å². The molecule has 2 aliphatic heterocycles. The summed E-state index contributed by atoms with van der Waals surface area (Å²) in [6.45, 7) is 11.4. The van der Waals surface area contributed by atoms with Gasteiger partial charge in [-0.3, -0.25) is 9.59 Å². The summed E-state index contributed by atoms with van der Waals surface area (Å²) in [5.41, 5.74) is 4.11. The van der Waals surface area contributed by atoms with Gasteiger partial charge in [0.15, 0.2) is 4.87 Å². The van der Waals surface area contributed by atoms with Crippen LogP contribution in [-0.4, -0.2) is 36.1 Å². The van der Waals surface area contributed by atoms with E-state index in [2.05, 4.69) is 45.0 Å². The summed E-state index contributed by atoms with van der Waals surface area (Å²) < 4.78 is 5.48. The average molecular weight is 453 g/mol. The average Bonchev–Trinajstić information content (AvgIpc) is 3.29. The van der Waals surface area contributed by atoms with Gasteiger partial charge in [0, 0.05) is 23.8 Å². The third-order valence-corrected chi connectivity index (χ3v) is 7.74. The Morgan fingerprint density at radius 1 is 1.16 bits per heavy atom. The Morgan fingerprint density at radius 3 is 2.44 bits per heavy atom. The van der Waals surface area contributed by atoms with E-state index in [1.807, 2.05) is 36.9 Å². The van der Waals surface area contributed by atoms with Crippen LogP contribution in [0.5, 0.6) is 5.75 Å². The van der Waals surface area contributed by atoms with Crippen molar-refractivity contribution in [2.24, 2.45) is 5.92 Å². The molecule has 5 nitrogen and oxygen atoms in total. The minimum absolute atomic E-state index is 0.00787. The zero-order valence-corrected chi connectivity index (χ0v) is 20.6. The van der Waals surface area contributed by atoms with E-state index in [9.17, 15) is 9.59 Å². The standard InChI is InChI=1S/C26H32N2O3S/c1-17(2)23(29)28-13-14-32-26(28)21-15-20(31-6)11-12-22(21)27(24(26)30)16-18-7-9-19(10-8-18)25(3,4)5/h7-12,15,17H,13-14,16H2,1-6H3/t26-/m0/s1. The molecule has 0 aliphatic carbocycles. The molecule has 0 radical (unpaired) electrons. The number of carbonyl (C=O) groups is 2. The molecule has 0 unspecified atom stereocenters. The summed E-state index contributed by atoms with van der Waals surface area (Å²) in [6.07, 6.45) is 0. The van der Waals surface area contributed by atoms with E-state index < -0.39 is 4.87 Å². The number of nitrogens with zero attached hydrogens (tertiary/aromatic N) is 2. The topological polar surface area (TPSA) is 49.9 Å². The second-order valence-corrected chi connectivity index (χ2v) is 11.1. The molecule has 6 heteroatoms. The molecule has 1 atom stereocenters. The van der Waals surface area contributed by atoms with Gasteiger partial charge in [0.05, 0.1) is 19.3 Å². The van der Waals surface area contributed by atoms with Crippen molar-refractivity contribution in [2.45, 2.75) is 51.4 Å². The van der Waals surface area contributed by atoms with E-state index in [-0.39, 0.29) is 23.1 Å². The van der Waals surface area contributed by atoms with Crippen LogP contribution in [0.2, 0.25) is 0 Å². The lowest BCUT2D eigenvalue weighted by molar-refractivity contribution is -0.142. The molecule has 0 bridgehead atoms. The fraction of sp³-hybridized carbons (Fsp3) is 0.462. The summed E-state index contributed by atoms with van der Waals surface area (Å²) in [5, 5.41) is 0. The highest BCUT2D eigenvalue weighted by Gasteiger charge is 2.59. The van der Waals surface area contributed by atoms with E-state index in [1.165, 1.54) is 5.56 Å². The summed E-state index contributed by atoms with van der Waals surface area (Å²) in [5.74, 6) is 1.21. The van der Waals surface area contributed by atoms with Gasteiger partial charge in [-0.25, -0.2) is 0 Å². The van der Waals surface area contributed by atoms with E-state index in [4.69, 9.17) is 4.74 Å². The number of amides is 2. The lowest BCUT2D eigenvalue weighted by Gasteiger charge is -2.34. The smallest absolute Gasteiger partial charge is 0.268 e. The number of benzene rings is 2. The molecular formula is C26H32N2O3S. The van der Waals surface area contributed by atoms with Crippen molar-refractivity contribution < 1.29 is 14.3 Å². The minimum Gasteiger partial charge on any atom is -0.497 e. The maximum atomic E-state index is 14.0. The number of rotatable bonds is 4. The first kappa shape index (κ1) is 22.7. The molecule has 2 aromatic rings. The van der Waals surface area contributed by atoms with Gasteiger partial charge in [0.1, 0.15) is 5.75 Å². The summed E-state index contributed by atoms with van der Waals surface area (Å²) in [7, 11) is 1.62. The van der Waals surface area contributed by atoms with Gasteiger partial charge in [-0.15, -0.1) is 11.8 Å². The van der Waals surface area contributed by atoms with Gasteiger partial charge >= 0.3 is 0 Å². The predicted octanol–water partition coefficient (Wildman–Crippen LogP) is 4.92. The van der Waals surface area contributed by atoms with Crippen molar-refractivity contribution in [3.63, 3.8) is 0 Å². The third-order valence-electron chi connectivity index (χ3n) is 6.32. The van der Waals surface area contributed by atoms with Gasteiger partial charge < -0.3 is 14.5 Å². The largest absolute Gasteiger partial charge is 0.497 e. The van der Waals surface area contributed by atoms with Gasteiger partial charge in [-0.1, -0.05) is 58.9 Å². The molecule has 1 spiro atoms. The summed E-state index contributed by atoms with van der Waals surface area (Å²) >= 11 is 1.55. The second kappa shape index (κ2) is 8.14. The first-order chi connectivity index (χ1) is 15.1. The van der Waals surface area contributed by atoms with E-state index in [0.717, 1.165) is 22.6 Å². The van der Waals surface area contributed by atoms with Crippen molar-refractivity contribution in [1.82, 2.24) is 4.90 Å². The van der Waals surface area contributed by atoms with Gasteiger partial charge in [-0.2, -0.15) is 0 Å². The minimum atomic E-state index is -1.02. The molecule has 170 valence electrons. The van der Waals surface area contributed by atoms with Crippen LogP contribution in [0.1, 0.15) is 51.3 Å². The van der Waals surface area contributed by atoms with Crippen molar-refractivity contribution in [3.05, 3.63) is 59.2 Å². The van der Waals surface area contributed by atoms with Crippen LogP contribution in [0.15, 0.2) is 42.5 Å². The number of hydrogen-bond donors (Lipinski definition) is 0. The highest BCUT2D eigenvalue weighted by atomic mass is 32.2. The number of thioether (sulfide) groups is 1. The molecule has 1 saturated heterocycles. The number of carbonyl (C=O) groups excluding carboxylic acids is 2. The maximum absolute atomic E-state index is 14.0. The Bertz CT molecular complexity index is 1040. The number of anilines is 1. The van der Waals surface area contributed by atoms with Crippen LogP contribution in [0.25, 0.3) is 0 Å². The highest BCUT2D eigenvalue weighted by Crippen LogP contribution is 2.55. The Kier molecular flexibility index (Phi) is 5.78. The molecule has 0 saturated carbocycles. The number of methoxy groups -OCH3 is 1. The molecule has 2 heterocycles. The fourth-order valence-electron chi connectivity index (χ4n) is 4.50. The Hall–Kier alpha value is -2.47. The van der Waals surface area contributed by atoms with Crippen LogP contribution in [-0.2, 0) is 26.4 Å². The van der Waals surface area contributed by atoms with Gasteiger partial charge in [0.25, 0.3) is 5.91 Å². The van der Waals surface area contributed by atoms with Crippen LogP contribution in [0, 0.1) is 5.92 Å². The van der Waals surface area contributed by atoms with Gasteiger partial charge in [0.2, 0.25) is 5.91 Å². The zero-order chi connectivity index (χ0) is 23.3. The Balaban J connectivity index is 1.76. The molecule has 2 amide bonds. The molecule has 0 N–H and O–H groups in total. The lowest BCUT2D eigenvalue weighted by Crippen LogP contribution is -2.51. The first-order valence-electron chi connectivity index (χ1n) is 11.1. The quantitative estimate of drug-likeness (QED) is 0.660. The van der Waals surface area contributed by atoms with Crippen molar-refractivity contribution in [1.29, 1.82) is 0 Å². The SMILES string of the molecule is COc1ccc2c(c1)[C@]1(SCCN1C(=O)C(C)C)C(=O)N2Cc1ccc(C(C)(C)C)cc1. The molecular weight excluding hydrogens is 420 g/mol. The lowest BCUT2D eigenvalue weighted by atomic mass is 9.87. The molecule has 4 rings (SSSR count). The monoisotopic (exact) mass is 452 g/mol. The van der Waals surface area contributed by atoms with Crippen LogP contribution in [0.4, 0.5) is 5.69 Å². The summed E-state index contributed by atoms with van der Waals surface area (Å²) in [4.78, 5) is 29.7. The van der Waals surface area contributed by atoms with Crippen molar-refractivity contribution in [2.75, 3.05) is 24.3 Å². The molecule has 2 aliphatic rings. The van der Waals surface area contributed by atoms with E-state index in [1.54, 1.807) is 23.8 Å². The highest BCUT2D eigenvalue weighted by molar-refractivity contribution is 8.01. The summed E-state index contributed by atoms with van der Waals surface area (Å²) in [6, 6.07) is 14.2.